The highest BCUT2D eigenvalue weighted by atomic mass is 16.6. The Bertz CT molecular complexity index is 206. The number of rotatable bonds is 3. The third-order valence-corrected chi connectivity index (χ3v) is 2.11. The molecule has 0 spiro atoms. The van der Waals surface area contributed by atoms with Gasteiger partial charge in [0.25, 0.3) is 0 Å². The van der Waals surface area contributed by atoms with Crippen molar-refractivity contribution in [3.8, 4) is 0 Å². The topological polar surface area (TPSA) is 21.6 Å². The molecule has 0 aromatic rings. The van der Waals surface area contributed by atoms with Gasteiger partial charge in [0.15, 0.2) is 0 Å². The molecule has 0 saturated carbocycles. The summed E-state index contributed by atoms with van der Waals surface area (Å²) in [5, 5.41) is 4.08. The van der Waals surface area contributed by atoms with Crippen LogP contribution in [0.15, 0.2) is 16.8 Å². The Hall–Kier alpha value is -0.790. The lowest BCUT2D eigenvalue weighted by Gasteiger charge is -2.05. The van der Waals surface area contributed by atoms with Crippen molar-refractivity contribution in [3.05, 3.63) is 11.6 Å². The number of nitrogens with zero attached hydrogens (tertiary/aromatic N) is 1. The van der Waals surface area contributed by atoms with Gasteiger partial charge >= 0.3 is 0 Å². The molecule has 1 aliphatic rings. The summed E-state index contributed by atoms with van der Waals surface area (Å²) in [6.07, 6.45) is 5.55. The van der Waals surface area contributed by atoms with Gasteiger partial charge < -0.3 is 4.84 Å². The van der Waals surface area contributed by atoms with E-state index in [2.05, 4.69) is 25.1 Å². The first-order valence-electron chi connectivity index (χ1n) is 4.62. The zero-order valence-corrected chi connectivity index (χ0v) is 8.13. The largest absolute Gasteiger partial charge is 0.393 e. The van der Waals surface area contributed by atoms with Crippen LogP contribution in [0.25, 0.3) is 0 Å². The van der Waals surface area contributed by atoms with Crippen LogP contribution < -0.4 is 0 Å². The summed E-state index contributed by atoms with van der Waals surface area (Å²) in [5.74, 6) is 0. The van der Waals surface area contributed by atoms with Gasteiger partial charge in [-0.25, -0.2) is 0 Å². The second-order valence-electron chi connectivity index (χ2n) is 3.40. The highest BCUT2D eigenvalue weighted by Crippen LogP contribution is 2.15. The van der Waals surface area contributed by atoms with Crippen molar-refractivity contribution in [2.45, 2.75) is 46.1 Å². The Morgan fingerprint density at radius 1 is 1.58 bits per heavy atom. The minimum absolute atomic E-state index is 0.242. The molecular formula is C10H17NO. The first kappa shape index (κ1) is 9.30. The highest BCUT2D eigenvalue weighted by Gasteiger charge is 2.07. The quantitative estimate of drug-likeness (QED) is 0.592. The number of oxime groups is 1. The molecule has 2 nitrogen and oxygen atoms in total. The van der Waals surface area contributed by atoms with E-state index in [1.165, 1.54) is 5.57 Å². The zero-order valence-electron chi connectivity index (χ0n) is 8.13. The summed E-state index contributed by atoms with van der Waals surface area (Å²) in [6, 6.07) is 0. The molecule has 68 valence electrons. The summed E-state index contributed by atoms with van der Waals surface area (Å²) >= 11 is 0. The van der Waals surface area contributed by atoms with E-state index in [4.69, 9.17) is 4.84 Å². The third kappa shape index (κ3) is 2.68. The maximum atomic E-state index is 5.27. The van der Waals surface area contributed by atoms with Crippen LogP contribution in [-0.4, -0.2) is 11.8 Å². The average Bonchev–Trinajstić information content (AvgIpc) is 2.47. The van der Waals surface area contributed by atoms with Crippen LogP contribution in [0.1, 0.15) is 40.0 Å². The van der Waals surface area contributed by atoms with E-state index in [1.807, 2.05) is 6.92 Å². The van der Waals surface area contributed by atoms with Crippen LogP contribution in [-0.2, 0) is 4.84 Å². The van der Waals surface area contributed by atoms with E-state index in [0.29, 0.717) is 0 Å². The number of hydrogen-bond donors (Lipinski definition) is 0. The lowest BCUT2D eigenvalue weighted by atomic mass is 10.3. The molecule has 0 fully saturated rings. The molecule has 1 rings (SSSR count). The van der Waals surface area contributed by atoms with Crippen molar-refractivity contribution in [1.29, 1.82) is 0 Å². The zero-order chi connectivity index (χ0) is 8.97. The first-order chi connectivity index (χ1) is 5.72. The molecule has 0 amide bonds. The van der Waals surface area contributed by atoms with Gasteiger partial charge in [-0.05, 0) is 39.2 Å². The minimum Gasteiger partial charge on any atom is -0.393 e. The van der Waals surface area contributed by atoms with Gasteiger partial charge in [0.2, 0.25) is 0 Å². The molecule has 0 aromatic heterocycles. The Morgan fingerprint density at radius 2 is 2.33 bits per heavy atom. The lowest BCUT2D eigenvalue weighted by molar-refractivity contribution is 0.0698. The molecule has 2 heteroatoms. The molecule has 0 N–H and O–H groups in total. The van der Waals surface area contributed by atoms with Crippen LogP contribution >= 0.6 is 0 Å². The molecule has 0 aromatic carbocycles. The van der Waals surface area contributed by atoms with E-state index in [-0.39, 0.29) is 6.10 Å². The van der Waals surface area contributed by atoms with Gasteiger partial charge in [-0.2, -0.15) is 0 Å². The van der Waals surface area contributed by atoms with E-state index in [0.717, 1.165) is 25.0 Å². The van der Waals surface area contributed by atoms with Crippen LogP contribution in [0.2, 0.25) is 0 Å². The maximum Gasteiger partial charge on any atom is 0.124 e. The summed E-state index contributed by atoms with van der Waals surface area (Å²) in [5.41, 5.74) is 2.49. The summed E-state index contributed by atoms with van der Waals surface area (Å²) in [6.45, 7) is 6.27. The predicted molar refractivity (Wildman–Crippen MR) is 51.3 cm³/mol. The monoisotopic (exact) mass is 167 g/mol. The Balaban J connectivity index is 2.38. The van der Waals surface area contributed by atoms with Crippen molar-refractivity contribution < 1.29 is 4.84 Å². The van der Waals surface area contributed by atoms with Gasteiger partial charge in [0.1, 0.15) is 6.10 Å². The normalized spacial score (nSPS) is 22.6. The molecule has 1 aliphatic carbocycles. The van der Waals surface area contributed by atoms with Crippen molar-refractivity contribution >= 4 is 5.71 Å². The first-order valence-corrected chi connectivity index (χ1v) is 4.62. The van der Waals surface area contributed by atoms with Crippen LogP contribution in [0.5, 0.6) is 0 Å². The smallest absolute Gasteiger partial charge is 0.124 e. The molecule has 0 aliphatic heterocycles. The molecule has 1 atom stereocenters. The van der Waals surface area contributed by atoms with Crippen LogP contribution in [0.3, 0.4) is 0 Å². The van der Waals surface area contributed by atoms with Gasteiger partial charge in [0, 0.05) is 0 Å². The highest BCUT2D eigenvalue weighted by molar-refractivity contribution is 5.97. The maximum absolute atomic E-state index is 5.27. The third-order valence-electron chi connectivity index (χ3n) is 2.11. The van der Waals surface area contributed by atoms with Gasteiger partial charge in [-0.15, -0.1) is 0 Å². The molecule has 1 unspecified atom stereocenters. The fourth-order valence-electron chi connectivity index (χ4n) is 1.06. The second-order valence-corrected chi connectivity index (χ2v) is 3.40. The van der Waals surface area contributed by atoms with Crippen molar-refractivity contribution in [1.82, 2.24) is 0 Å². The average molecular weight is 167 g/mol. The van der Waals surface area contributed by atoms with Gasteiger partial charge in [0.05, 0.1) is 5.71 Å². The molecule has 12 heavy (non-hydrogen) atoms. The van der Waals surface area contributed by atoms with E-state index < -0.39 is 0 Å². The summed E-state index contributed by atoms with van der Waals surface area (Å²) in [7, 11) is 0. The SMILES string of the molecule is CCC(C)O/N=C1/C=C(C)CC1. The van der Waals surface area contributed by atoms with Crippen molar-refractivity contribution in [2.75, 3.05) is 0 Å². The fraction of sp³-hybridized carbons (Fsp3) is 0.700. The Kier molecular flexibility index (Phi) is 3.32. The standard InChI is InChI=1S/C10H17NO/c1-4-9(3)12-11-10-6-5-8(2)7-10/h7,9H,4-6H2,1-3H3/b11-10+. The minimum atomic E-state index is 0.242. The molecule has 0 heterocycles. The molecular weight excluding hydrogens is 150 g/mol. The van der Waals surface area contributed by atoms with E-state index in [9.17, 15) is 0 Å². The molecule has 0 saturated heterocycles. The van der Waals surface area contributed by atoms with Crippen LogP contribution in [0.4, 0.5) is 0 Å². The summed E-state index contributed by atoms with van der Waals surface area (Å²) < 4.78 is 0. The van der Waals surface area contributed by atoms with Gasteiger partial charge in [-0.1, -0.05) is 17.7 Å². The van der Waals surface area contributed by atoms with Crippen LogP contribution in [0, 0.1) is 0 Å². The number of allylic oxidation sites excluding steroid dienone is 2. The van der Waals surface area contributed by atoms with E-state index in [1.54, 1.807) is 0 Å². The molecule has 0 radical (unpaired) electrons. The molecule has 0 bridgehead atoms. The number of hydrogen-bond acceptors (Lipinski definition) is 2. The second kappa shape index (κ2) is 4.29. The van der Waals surface area contributed by atoms with Gasteiger partial charge in [-0.3, -0.25) is 0 Å². The fourth-order valence-corrected chi connectivity index (χ4v) is 1.06. The van der Waals surface area contributed by atoms with Crippen molar-refractivity contribution in [2.24, 2.45) is 5.16 Å². The van der Waals surface area contributed by atoms with E-state index >= 15 is 0 Å². The Morgan fingerprint density at radius 3 is 2.83 bits per heavy atom. The Labute approximate surface area is 74.3 Å². The summed E-state index contributed by atoms with van der Waals surface area (Å²) in [4.78, 5) is 5.27. The predicted octanol–water partition coefficient (Wildman–Crippen LogP) is 2.90. The van der Waals surface area contributed by atoms with Crippen molar-refractivity contribution in [3.63, 3.8) is 0 Å². The lowest BCUT2D eigenvalue weighted by Crippen LogP contribution is -2.03.